The molecule has 0 saturated carbocycles. The number of nitrogens with one attached hydrogen (secondary N) is 3. The third kappa shape index (κ3) is 2.82. The molecule has 2 aromatic heterocycles. The molecule has 1 amide bonds. The van der Waals surface area contributed by atoms with Gasteiger partial charge in [0.15, 0.2) is 11.6 Å². The van der Waals surface area contributed by atoms with E-state index < -0.39 is 28.9 Å². The number of hydrogen-bond donors (Lipinski definition) is 3. The molecular formula is C18H12F3N5O. The minimum absolute atomic E-state index is 0.136. The second kappa shape index (κ2) is 6.27. The van der Waals surface area contributed by atoms with Crippen molar-refractivity contribution in [3.63, 3.8) is 0 Å². The van der Waals surface area contributed by atoms with Crippen LogP contribution in [-0.4, -0.2) is 26.1 Å². The first-order valence-electron chi connectivity index (χ1n) is 7.89. The zero-order valence-corrected chi connectivity index (χ0v) is 13.9. The van der Waals surface area contributed by atoms with Crippen LogP contribution in [0.5, 0.6) is 0 Å². The molecule has 27 heavy (non-hydrogen) atoms. The Morgan fingerprint density at radius 3 is 2.59 bits per heavy atom. The molecule has 0 aliphatic carbocycles. The van der Waals surface area contributed by atoms with Gasteiger partial charge in [0.05, 0.1) is 17.4 Å². The number of hydrogen-bond acceptors (Lipinski definition) is 3. The van der Waals surface area contributed by atoms with Crippen LogP contribution >= 0.6 is 0 Å². The van der Waals surface area contributed by atoms with Crippen LogP contribution in [0, 0.1) is 24.4 Å². The van der Waals surface area contributed by atoms with E-state index in [0.29, 0.717) is 11.1 Å². The van der Waals surface area contributed by atoms with E-state index in [-0.39, 0.29) is 22.7 Å². The molecule has 0 unspecified atom stereocenters. The monoisotopic (exact) mass is 371 g/mol. The van der Waals surface area contributed by atoms with Gasteiger partial charge >= 0.3 is 0 Å². The van der Waals surface area contributed by atoms with Crippen molar-refractivity contribution in [1.82, 2.24) is 20.2 Å². The molecule has 0 spiro atoms. The predicted octanol–water partition coefficient (Wildman–Crippen LogP) is 3.93. The van der Waals surface area contributed by atoms with E-state index in [1.807, 2.05) is 0 Å². The molecule has 0 bridgehead atoms. The quantitative estimate of drug-likeness (QED) is 0.510. The molecule has 0 aliphatic heterocycles. The third-order valence-electron chi connectivity index (χ3n) is 4.10. The van der Waals surface area contributed by atoms with Gasteiger partial charge < -0.3 is 10.3 Å². The average molecular weight is 371 g/mol. The first-order chi connectivity index (χ1) is 13.0. The summed E-state index contributed by atoms with van der Waals surface area (Å²) in [6, 6.07) is 6.41. The Bertz CT molecular complexity index is 1160. The Hall–Kier alpha value is -3.62. The highest BCUT2D eigenvalue weighted by atomic mass is 19.1. The van der Waals surface area contributed by atoms with E-state index in [9.17, 15) is 18.0 Å². The first-order valence-corrected chi connectivity index (χ1v) is 7.89. The summed E-state index contributed by atoms with van der Waals surface area (Å²) in [5.74, 6) is -3.20. The lowest BCUT2D eigenvalue weighted by Crippen LogP contribution is -2.16. The molecule has 9 heteroatoms. The number of carbonyl (C=O) groups is 1. The SMILES string of the molecule is Cc1ccc2[nH]c(-c3[nH]ncc3NC(=O)c3c(F)cccc3F)nc2c1F. The summed E-state index contributed by atoms with van der Waals surface area (Å²) in [5, 5.41) is 8.84. The van der Waals surface area contributed by atoms with E-state index in [0.717, 1.165) is 18.2 Å². The number of rotatable bonds is 3. The summed E-state index contributed by atoms with van der Waals surface area (Å²) < 4.78 is 41.8. The van der Waals surface area contributed by atoms with Gasteiger partial charge in [-0.2, -0.15) is 5.10 Å². The van der Waals surface area contributed by atoms with Crippen molar-refractivity contribution in [2.75, 3.05) is 5.32 Å². The van der Waals surface area contributed by atoms with Crippen molar-refractivity contribution in [3.8, 4) is 11.5 Å². The number of benzene rings is 2. The van der Waals surface area contributed by atoms with E-state index in [4.69, 9.17) is 0 Å². The van der Waals surface area contributed by atoms with Crippen molar-refractivity contribution >= 4 is 22.6 Å². The van der Waals surface area contributed by atoms with E-state index in [2.05, 4.69) is 25.5 Å². The summed E-state index contributed by atoms with van der Waals surface area (Å²) in [6.45, 7) is 1.62. The predicted molar refractivity (Wildman–Crippen MR) is 92.7 cm³/mol. The second-order valence-electron chi connectivity index (χ2n) is 5.89. The van der Waals surface area contributed by atoms with Gasteiger partial charge in [-0.25, -0.2) is 18.2 Å². The lowest BCUT2D eigenvalue weighted by atomic mass is 10.2. The maximum absolute atomic E-state index is 14.2. The molecule has 4 rings (SSSR count). The summed E-state index contributed by atoms with van der Waals surface area (Å²) in [6.07, 6.45) is 1.26. The van der Waals surface area contributed by atoms with Crippen LogP contribution in [0.25, 0.3) is 22.6 Å². The maximum Gasteiger partial charge on any atom is 0.261 e. The standard InChI is InChI=1S/C18H12F3N5O/c1-8-5-6-11-15(14(8)21)25-17(23-11)16-12(7-22-26-16)24-18(27)13-9(19)3-2-4-10(13)20/h2-7H,1H3,(H,22,26)(H,23,25)(H,24,27). The fraction of sp³-hybridized carbons (Fsp3) is 0.0556. The molecular weight excluding hydrogens is 359 g/mol. The minimum atomic E-state index is -0.987. The average Bonchev–Trinajstić information content (AvgIpc) is 3.25. The maximum atomic E-state index is 14.2. The summed E-state index contributed by atoms with van der Waals surface area (Å²) in [5.41, 5.74) is 0.703. The topological polar surface area (TPSA) is 86.5 Å². The number of halogens is 3. The zero-order valence-electron chi connectivity index (χ0n) is 13.9. The van der Waals surface area contributed by atoms with Crippen molar-refractivity contribution in [3.05, 3.63) is 65.1 Å². The Morgan fingerprint density at radius 2 is 1.85 bits per heavy atom. The summed E-state index contributed by atoms with van der Waals surface area (Å²) >= 11 is 0. The number of imidazole rings is 1. The lowest BCUT2D eigenvalue weighted by Gasteiger charge is -2.06. The fourth-order valence-corrected chi connectivity index (χ4v) is 2.72. The molecule has 0 aliphatic rings. The first kappa shape index (κ1) is 16.8. The van der Waals surface area contributed by atoms with Crippen LogP contribution in [0.4, 0.5) is 18.9 Å². The molecule has 0 saturated heterocycles. The van der Waals surface area contributed by atoms with Crippen LogP contribution in [0.3, 0.4) is 0 Å². The van der Waals surface area contributed by atoms with E-state index in [1.165, 1.54) is 6.20 Å². The Labute approximate surface area is 150 Å². The largest absolute Gasteiger partial charge is 0.337 e. The highest BCUT2D eigenvalue weighted by Gasteiger charge is 2.21. The molecule has 6 nitrogen and oxygen atoms in total. The number of H-pyrrole nitrogens is 2. The minimum Gasteiger partial charge on any atom is -0.337 e. The molecule has 0 atom stereocenters. The molecule has 0 radical (unpaired) electrons. The van der Waals surface area contributed by atoms with Crippen molar-refractivity contribution in [2.45, 2.75) is 6.92 Å². The van der Waals surface area contributed by atoms with Gasteiger partial charge in [0.1, 0.15) is 28.4 Å². The highest BCUT2D eigenvalue weighted by Crippen LogP contribution is 2.28. The third-order valence-corrected chi connectivity index (χ3v) is 4.10. The smallest absolute Gasteiger partial charge is 0.261 e. The number of aromatic amines is 2. The van der Waals surface area contributed by atoms with Crippen LogP contribution in [0.15, 0.2) is 36.5 Å². The number of amides is 1. The molecule has 2 heterocycles. The number of carbonyl (C=O) groups excluding carboxylic acids is 1. The van der Waals surface area contributed by atoms with Crippen molar-refractivity contribution in [2.24, 2.45) is 0 Å². The van der Waals surface area contributed by atoms with E-state index >= 15 is 0 Å². The van der Waals surface area contributed by atoms with Crippen LogP contribution < -0.4 is 5.32 Å². The van der Waals surface area contributed by atoms with Gasteiger partial charge in [-0.1, -0.05) is 12.1 Å². The van der Waals surface area contributed by atoms with Crippen LogP contribution in [0.2, 0.25) is 0 Å². The molecule has 0 fully saturated rings. The van der Waals surface area contributed by atoms with Crippen molar-refractivity contribution < 1.29 is 18.0 Å². The normalized spacial score (nSPS) is 11.1. The Morgan fingerprint density at radius 1 is 1.11 bits per heavy atom. The zero-order chi connectivity index (χ0) is 19.1. The number of nitrogens with zero attached hydrogens (tertiary/aromatic N) is 2. The van der Waals surface area contributed by atoms with Crippen LogP contribution in [0.1, 0.15) is 15.9 Å². The summed E-state index contributed by atoms with van der Waals surface area (Å²) in [7, 11) is 0. The van der Waals surface area contributed by atoms with Gasteiger partial charge in [0.25, 0.3) is 5.91 Å². The van der Waals surface area contributed by atoms with Gasteiger partial charge in [-0.05, 0) is 30.7 Å². The molecule has 3 N–H and O–H groups in total. The fourth-order valence-electron chi connectivity index (χ4n) is 2.72. The molecule has 2 aromatic carbocycles. The summed E-state index contributed by atoms with van der Waals surface area (Å²) in [4.78, 5) is 19.4. The highest BCUT2D eigenvalue weighted by molar-refractivity contribution is 6.06. The Kier molecular flexibility index (Phi) is 3.91. The number of fused-ring (bicyclic) bond motifs is 1. The van der Waals surface area contributed by atoms with Gasteiger partial charge in [-0.15, -0.1) is 0 Å². The van der Waals surface area contributed by atoms with Gasteiger partial charge in [0, 0.05) is 0 Å². The number of aryl methyl sites for hydroxylation is 1. The lowest BCUT2D eigenvalue weighted by molar-refractivity contribution is 0.101. The molecule has 4 aromatic rings. The van der Waals surface area contributed by atoms with Gasteiger partial charge in [0.2, 0.25) is 0 Å². The number of aromatic nitrogens is 4. The molecule has 136 valence electrons. The van der Waals surface area contributed by atoms with Crippen molar-refractivity contribution in [1.29, 1.82) is 0 Å². The second-order valence-corrected chi connectivity index (χ2v) is 5.89. The van der Waals surface area contributed by atoms with Gasteiger partial charge in [-0.3, -0.25) is 9.89 Å². The Balaban J connectivity index is 1.72. The van der Waals surface area contributed by atoms with E-state index in [1.54, 1.807) is 19.1 Å². The number of anilines is 1. The van der Waals surface area contributed by atoms with Crippen LogP contribution in [-0.2, 0) is 0 Å².